The Morgan fingerprint density at radius 1 is 1.20 bits per heavy atom. The molecule has 25 heavy (non-hydrogen) atoms. The maximum Gasteiger partial charge on any atom is 0.193 e. The molecule has 0 atom stereocenters. The lowest BCUT2D eigenvalue weighted by atomic mass is 9.85. The fourth-order valence-corrected chi connectivity index (χ4v) is 2.36. The number of guanidine groups is 1. The topological polar surface area (TPSA) is 59.6 Å². The number of aliphatic imine (C=N–C) groups is 1. The lowest BCUT2D eigenvalue weighted by Crippen LogP contribution is -2.27. The van der Waals surface area contributed by atoms with Gasteiger partial charge < -0.3 is 15.8 Å². The van der Waals surface area contributed by atoms with E-state index in [1.54, 1.807) is 6.07 Å². The molecule has 2 rings (SSSR count). The minimum absolute atomic E-state index is 0.135. The molecule has 2 aromatic carbocycles. The number of rotatable bonds is 6. The van der Waals surface area contributed by atoms with Crippen LogP contribution >= 0.6 is 0 Å². The van der Waals surface area contributed by atoms with Gasteiger partial charge in [-0.05, 0) is 55.8 Å². The number of halogens is 1. The van der Waals surface area contributed by atoms with Crippen LogP contribution in [0.5, 0.6) is 5.75 Å². The van der Waals surface area contributed by atoms with Crippen molar-refractivity contribution in [1.29, 1.82) is 0 Å². The predicted molar refractivity (Wildman–Crippen MR) is 102 cm³/mol. The molecule has 0 aliphatic carbocycles. The summed E-state index contributed by atoms with van der Waals surface area (Å²) in [7, 11) is 0. The van der Waals surface area contributed by atoms with Crippen molar-refractivity contribution in [2.24, 2.45) is 10.7 Å². The second kappa shape index (κ2) is 8.01. The molecule has 0 radical (unpaired) electrons. The Morgan fingerprint density at radius 3 is 2.48 bits per heavy atom. The highest BCUT2D eigenvalue weighted by Gasteiger charge is 2.20. The fraction of sp³-hybridized carbons (Fsp3) is 0.350. The fourth-order valence-electron chi connectivity index (χ4n) is 2.36. The molecule has 0 aromatic heterocycles. The highest BCUT2D eigenvalue weighted by atomic mass is 19.1. The van der Waals surface area contributed by atoms with Crippen LogP contribution in [0.2, 0.25) is 0 Å². The van der Waals surface area contributed by atoms with E-state index in [9.17, 15) is 4.39 Å². The molecule has 134 valence electrons. The number of benzene rings is 2. The number of nitrogens with zero attached hydrogens (tertiary/aromatic N) is 1. The van der Waals surface area contributed by atoms with Crippen molar-refractivity contribution in [2.75, 3.05) is 11.9 Å². The summed E-state index contributed by atoms with van der Waals surface area (Å²) in [5.74, 6) is 0.884. The summed E-state index contributed by atoms with van der Waals surface area (Å²) in [5, 5.41) is 3.06. The summed E-state index contributed by atoms with van der Waals surface area (Å²) < 4.78 is 19.0. The maximum atomic E-state index is 13.4. The van der Waals surface area contributed by atoms with E-state index in [4.69, 9.17) is 10.5 Å². The van der Waals surface area contributed by atoms with E-state index in [0.717, 1.165) is 17.0 Å². The van der Waals surface area contributed by atoms with Gasteiger partial charge in [-0.2, -0.15) is 0 Å². The first-order chi connectivity index (χ1) is 11.8. The molecule has 0 heterocycles. The molecule has 0 saturated heterocycles. The number of hydrogen-bond donors (Lipinski definition) is 2. The zero-order valence-corrected chi connectivity index (χ0v) is 15.2. The summed E-state index contributed by atoms with van der Waals surface area (Å²) in [6.07, 6.45) is 0.135. The molecule has 4 nitrogen and oxygen atoms in total. The molecular formula is C20H26FN3O. The Kier molecular flexibility index (Phi) is 6.02. The molecule has 0 aliphatic heterocycles. The van der Waals surface area contributed by atoms with Crippen LogP contribution in [0.3, 0.4) is 0 Å². The largest absolute Gasteiger partial charge is 0.491 e. The van der Waals surface area contributed by atoms with Crippen LogP contribution < -0.4 is 15.8 Å². The van der Waals surface area contributed by atoms with Gasteiger partial charge in [-0.15, -0.1) is 0 Å². The van der Waals surface area contributed by atoms with Crippen LogP contribution in [0.25, 0.3) is 0 Å². The van der Waals surface area contributed by atoms with Gasteiger partial charge in [0, 0.05) is 11.1 Å². The van der Waals surface area contributed by atoms with Crippen LogP contribution in [0.1, 0.15) is 33.3 Å². The molecule has 0 saturated carbocycles. The maximum absolute atomic E-state index is 13.4. The third kappa shape index (κ3) is 5.78. The highest BCUT2D eigenvalue weighted by molar-refractivity contribution is 5.92. The first-order valence-corrected chi connectivity index (χ1v) is 8.36. The van der Waals surface area contributed by atoms with Crippen LogP contribution in [-0.2, 0) is 5.41 Å². The lowest BCUT2D eigenvalue weighted by molar-refractivity contribution is 0.242. The molecule has 0 bridgehead atoms. The van der Waals surface area contributed by atoms with Crippen LogP contribution in [0, 0.1) is 5.82 Å². The van der Waals surface area contributed by atoms with Crippen LogP contribution in [0.15, 0.2) is 53.5 Å². The van der Waals surface area contributed by atoms with Gasteiger partial charge in [0.05, 0.1) is 12.6 Å². The monoisotopic (exact) mass is 343 g/mol. The Bertz CT molecular complexity index is 724. The van der Waals surface area contributed by atoms with Crippen molar-refractivity contribution in [3.05, 3.63) is 59.9 Å². The van der Waals surface area contributed by atoms with Crippen molar-refractivity contribution in [3.63, 3.8) is 0 Å². The molecule has 0 fully saturated rings. The van der Waals surface area contributed by atoms with Gasteiger partial charge in [-0.25, -0.2) is 4.39 Å². The zero-order valence-electron chi connectivity index (χ0n) is 15.2. The summed E-state index contributed by atoms with van der Waals surface area (Å²) in [6, 6.07) is 14.1. The quantitative estimate of drug-likeness (QED) is 0.607. The van der Waals surface area contributed by atoms with Gasteiger partial charge in [-0.3, -0.25) is 4.99 Å². The third-order valence-corrected chi connectivity index (χ3v) is 3.75. The smallest absolute Gasteiger partial charge is 0.193 e. The zero-order chi connectivity index (χ0) is 18.4. The number of nitrogens with one attached hydrogen (secondary N) is 1. The van der Waals surface area contributed by atoms with E-state index in [-0.39, 0.29) is 17.3 Å². The first-order valence-electron chi connectivity index (χ1n) is 8.36. The molecule has 3 N–H and O–H groups in total. The molecule has 2 aromatic rings. The second-order valence-electron chi connectivity index (χ2n) is 6.91. The molecule has 0 aliphatic rings. The van der Waals surface area contributed by atoms with Crippen molar-refractivity contribution in [2.45, 2.75) is 39.2 Å². The Labute approximate surface area is 148 Å². The summed E-state index contributed by atoms with van der Waals surface area (Å²) in [4.78, 5) is 4.40. The minimum atomic E-state index is -0.316. The Morgan fingerprint density at radius 2 is 1.88 bits per heavy atom. The summed E-state index contributed by atoms with van der Waals surface area (Å²) >= 11 is 0. The standard InChI is InChI=1S/C20H26FN3O/c1-14(2)25-18-10-8-17(9-11-18)24-19(22)23-13-20(3,4)15-6-5-7-16(21)12-15/h5-12,14H,13H2,1-4H3,(H3,22,23,24). The van der Waals surface area contributed by atoms with Crippen LogP contribution in [-0.4, -0.2) is 18.6 Å². The summed E-state index contributed by atoms with van der Waals surface area (Å²) in [6.45, 7) is 8.44. The third-order valence-electron chi connectivity index (χ3n) is 3.75. The number of nitrogens with two attached hydrogens (primary N) is 1. The van der Waals surface area contributed by atoms with E-state index < -0.39 is 0 Å². The first kappa shape index (κ1) is 18.8. The molecule has 0 amide bonds. The van der Waals surface area contributed by atoms with Crippen LogP contribution in [0.4, 0.5) is 10.1 Å². The number of anilines is 1. The van der Waals surface area contributed by atoms with Crippen molar-refractivity contribution >= 4 is 11.6 Å². The Balaban J connectivity index is 1.99. The van der Waals surface area contributed by atoms with Gasteiger partial charge in [0.2, 0.25) is 0 Å². The average molecular weight is 343 g/mol. The summed E-state index contributed by atoms with van der Waals surface area (Å²) in [5.41, 5.74) is 7.38. The highest BCUT2D eigenvalue weighted by Crippen LogP contribution is 2.24. The molecule has 0 unspecified atom stereocenters. The SMILES string of the molecule is CC(C)Oc1ccc(NC(N)=NCC(C)(C)c2cccc(F)c2)cc1. The van der Waals surface area contributed by atoms with E-state index in [0.29, 0.717) is 12.5 Å². The van der Waals surface area contributed by atoms with Gasteiger partial charge in [0.1, 0.15) is 11.6 Å². The normalized spacial score (nSPS) is 12.3. The van der Waals surface area contributed by atoms with Gasteiger partial charge in [-0.1, -0.05) is 26.0 Å². The van der Waals surface area contributed by atoms with E-state index >= 15 is 0 Å². The second-order valence-corrected chi connectivity index (χ2v) is 6.91. The van der Waals surface area contributed by atoms with Crippen molar-refractivity contribution in [1.82, 2.24) is 0 Å². The van der Waals surface area contributed by atoms with E-state index in [1.807, 2.05) is 58.0 Å². The van der Waals surface area contributed by atoms with Gasteiger partial charge in [0.25, 0.3) is 0 Å². The van der Waals surface area contributed by atoms with Gasteiger partial charge in [0.15, 0.2) is 5.96 Å². The molecular weight excluding hydrogens is 317 g/mol. The van der Waals surface area contributed by atoms with Crippen molar-refractivity contribution in [3.8, 4) is 5.75 Å². The van der Waals surface area contributed by atoms with Gasteiger partial charge >= 0.3 is 0 Å². The minimum Gasteiger partial charge on any atom is -0.491 e. The number of hydrogen-bond acceptors (Lipinski definition) is 2. The molecule has 5 heteroatoms. The van der Waals surface area contributed by atoms with E-state index in [2.05, 4.69) is 10.3 Å². The molecule has 0 spiro atoms. The predicted octanol–water partition coefficient (Wildman–Crippen LogP) is 4.32. The van der Waals surface area contributed by atoms with Crippen molar-refractivity contribution < 1.29 is 9.13 Å². The van der Waals surface area contributed by atoms with E-state index in [1.165, 1.54) is 12.1 Å². The lowest BCUT2D eigenvalue weighted by Gasteiger charge is -2.23. The number of ether oxygens (including phenoxy) is 1. The Hall–Kier alpha value is -2.56. The average Bonchev–Trinajstić information content (AvgIpc) is 2.54.